The minimum absolute atomic E-state index is 0.0154. The van der Waals surface area contributed by atoms with Crippen LogP contribution in [0.25, 0.3) is 0 Å². The summed E-state index contributed by atoms with van der Waals surface area (Å²) in [5.74, 6) is -1.99. The summed E-state index contributed by atoms with van der Waals surface area (Å²) in [6.45, 7) is 4.68. The normalized spacial score (nSPS) is 13.1. The number of carbonyl (C=O) groups is 1. The zero-order valence-corrected chi connectivity index (χ0v) is 23.8. The number of hydrogen-bond donors (Lipinski definition) is 3. The molecular weight excluding hydrogens is 534 g/mol. The molecule has 0 bridgehead atoms. The van der Waals surface area contributed by atoms with Crippen molar-refractivity contribution >= 4 is 15.7 Å². The van der Waals surface area contributed by atoms with Gasteiger partial charge in [-0.1, -0.05) is 51.0 Å². The van der Waals surface area contributed by atoms with Crippen LogP contribution >= 0.6 is 0 Å². The van der Waals surface area contributed by atoms with Crippen molar-refractivity contribution in [3.8, 4) is 0 Å². The third kappa shape index (κ3) is 9.50. The SMILES string of the molecule is CCCCCS(=O)(=O)c1ccc(C(=O)NC(Cc2cc(F)cc(F)c2)C(O)CNCc2cccc(CC)c2)cc1. The second-order valence-corrected chi connectivity index (χ2v) is 12.1. The van der Waals surface area contributed by atoms with Crippen molar-refractivity contribution in [3.63, 3.8) is 0 Å². The van der Waals surface area contributed by atoms with Crippen LogP contribution in [0.3, 0.4) is 0 Å². The minimum Gasteiger partial charge on any atom is -0.390 e. The molecule has 0 saturated carbocycles. The molecule has 0 spiro atoms. The highest BCUT2D eigenvalue weighted by molar-refractivity contribution is 7.91. The number of hydrogen-bond acceptors (Lipinski definition) is 5. The van der Waals surface area contributed by atoms with Crippen LogP contribution in [0.2, 0.25) is 0 Å². The standard InChI is InChI=1S/C31H38F2N2O4S/c1-3-5-6-14-40(38,39)28-12-10-25(11-13-28)31(37)35-29(18-24-16-26(32)19-27(33)17-24)30(36)21-34-20-23-9-7-8-22(4-2)15-23/h7-13,15-17,19,29-30,34,36H,3-6,14,18,20-21H2,1-2H3,(H,35,37). The van der Waals surface area contributed by atoms with E-state index in [4.69, 9.17) is 0 Å². The van der Waals surface area contributed by atoms with Crippen molar-refractivity contribution in [2.24, 2.45) is 0 Å². The van der Waals surface area contributed by atoms with Gasteiger partial charge in [0.2, 0.25) is 0 Å². The number of carbonyl (C=O) groups excluding carboxylic acids is 1. The van der Waals surface area contributed by atoms with Crippen molar-refractivity contribution in [2.75, 3.05) is 12.3 Å². The Balaban J connectivity index is 1.71. The van der Waals surface area contributed by atoms with E-state index in [-0.39, 0.29) is 34.7 Å². The smallest absolute Gasteiger partial charge is 0.251 e. The molecule has 2 unspecified atom stereocenters. The quantitative estimate of drug-likeness (QED) is 0.223. The number of aliphatic hydroxyl groups excluding tert-OH is 1. The molecule has 0 fully saturated rings. The molecule has 216 valence electrons. The summed E-state index contributed by atoms with van der Waals surface area (Å²) in [5.41, 5.74) is 2.73. The molecule has 40 heavy (non-hydrogen) atoms. The molecule has 0 saturated heterocycles. The molecule has 3 aromatic rings. The number of aliphatic hydroxyl groups is 1. The number of aryl methyl sites for hydroxylation is 1. The number of nitrogens with one attached hydrogen (secondary N) is 2. The van der Waals surface area contributed by atoms with Crippen molar-refractivity contribution < 1.29 is 27.1 Å². The minimum atomic E-state index is -3.45. The third-order valence-electron chi connectivity index (χ3n) is 6.73. The number of sulfone groups is 1. The van der Waals surface area contributed by atoms with Gasteiger partial charge >= 0.3 is 0 Å². The molecule has 9 heteroatoms. The van der Waals surface area contributed by atoms with E-state index < -0.39 is 39.5 Å². The Morgan fingerprint density at radius 2 is 1.57 bits per heavy atom. The first-order chi connectivity index (χ1) is 19.1. The number of amides is 1. The molecule has 6 nitrogen and oxygen atoms in total. The van der Waals surface area contributed by atoms with Gasteiger partial charge in [-0.2, -0.15) is 0 Å². The zero-order chi connectivity index (χ0) is 29.1. The van der Waals surface area contributed by atoms with Crippen LogP contribution in [0.1, 0.15) is 60.2 Å². The van der Waals surface area contributed by atoms with Crippen LogP contribution in [0.5, 0.6) is 0 Å². The molecule has 3 aromatic carbocycles. The molecule has 2 atom stereocenters. The van der Waals surface area contributed by atoms with E-state index >= 15 is 0 Å². The first kappa shape index (κ1) is 31.4. The van der Waals surface area contributed by atoms with Crippen LogP contribution in [0.15, 0.2) is 71.6 Å². The van der Waals surface area contributed by atoms with Crippen molar-refractivity contribution in [2.45, 2.75) is 69.5 Å². The van der Waals surface area contributed by atoms with Gasteiger partial charge in [0.1, 0.15) is 11.6 Å². The first-order valence-electron chi connectivity index (χ1n) is 13.7. The highest BCUT2D eigenvalue weighted by Gasteiger charge is 2.23. The van der Waals surface area contributed by atoms with E-state index in [0.717, 1.165) is 43.0 Å². The number of unbranched alkanes of at least 4 members (excludes halogenated alkanes) is 2. The number of benzene rings is 3. The molecular formula is C31H38F2N2O4S. The van der Waals surface area contributed by atoms with E-state index in [9.17, 15) is 27.1 Å². The van der Waals surface area contributed by atoms with Crippen molar-refractivity contribution in [1.82, 2.24) is 10.6 Å². The molecule has 1 amide bonds. The van der Waals surface area contributed by atoms with E-state index in [2.05, 4.69) is 23.6 Å². The van der Waals surface area contributed by atoms with Crippen molar-refractivity contribution in [3.05, 3.63) is 101 Å². The van der Waals surface area contributed by atoms with Gasteiger partial charge in [-0.25, -0.2) is 17.2 Å². The Morgan fingerprint density at radius 1 is 0.900 bits per heavy atom. The Morgan fingerprint density at radius 3 is 2.23 bits per heavy atom. The second-order valence-electron chi connectivity index (χ2n) is 9.98. The molecule has 0 radical (unpaired) electrons. The average Bonchev–Trinajstić information content (AvgIpc) is 2.92. The maximum Gasteiger partial charge on any atom is 0.251 e. The Kier molecular flexibility index (Phi) is 11.8. The van der Waals surface area contributed by atoms with Gasteiger partial charge in [0.05, 0.1) is 22.8 Å². The summed E-state index contributed by atoms with van der Waals surface area (Å²) in [4.78, 5) is 13.2. The van der Waals surface area contributed by atoms with Crippen LogP contribution in [-0.4, -0.2) is 43.9 Å². The predicted octanol–water partition coefficient (Wildman–Crippen LogP) is 4.98. The fourth-order valence-corrected chi connectivity index (χ4v) is 5.83. The number of rotatable bonds is 15. The fourth-order valence-electron chi connectivity index (χ4n) is 4.46. The maximum absolute atomic E-state index is 13.8. The lowest BCUT2D eigenvalue weighted by Gasteiger charge is -2.25. The highest BCUT2D eigenvalue weighted by Crippen LogP contribution is 2.16. The summed E-state index contributed by atoms with van der Waals surface area (Å²) >= 11 is 0. The molecule has 3 N–H and O–H groups in total. The topological polar surface area (TPSA) is 95.5 Å². The molecule has 0 heterocycles. The molecule has 3 rings (SSSR count). The van der Waals surface area contributed by atoms with Crippen molar-refractivity contribution in [1.29, 1.82) is 0 Å². The summed E-state index contributed by atoms with van der Waals surface area (Å²) in [6.07, 6.45) is 2.10. The Bertz CT molecular complexity index is 1340. The fraction of sp³-hybridized carbons (Fsp3) is 0.387. The molecule has 0 aliphatic rings. The van der Waals surface area contributed by atoms with Gasteiger partial charge in [0.15, 0.2) is 9.84 Å². The van der Waals surface area contributed by atoms with E-state index in [1.807, 2.05) is 25.1 Å². The van der Waals surface area contributed by atoms with Gasteiger partial charge in [-0.05, 0) is 72.4 Å². The Labute approximate surface area is 235 Å². The van der Waals surface area contributed by atoms with Gasteiger partial charge in [0, 0.05) is 24.7 Å². The average molecular weight is 573 g/mol. The van der Waals surface area contributed by atoms with Gasteiger partial charge < -0.3 is 15.7 Å². The monoisotopic (exact) mass is 572 g/mol. The zero-order valence-electron chi connectivity index (χ0n) is 23.0. The lowest BCUT2D eigenvalue weighted by molar-refractivity contribution is 0.0829. The molecule has 0 aliphatic heterocycles. The van der Waals surface area contributed by atoms with E-state index in [1.54, 1.807) is 0 Å². The summed E-state index contributed by atoms with van der Waals surface area (Å²) in [6, 6.07) is 15.9. The lowest BCUT2D eigenvalue weighted by Crippen LogP contribution is -2.48. The van der Waals surface area contributed by atoms with Gasteiger partial charge in [-0.15, -0.1) is 0 Å². The lowest BCUT2D eigenvalue weighted by atomic mass is 10.00. The predicted molar refractivity (Wildman–Crippen MR) is 153 cm³/mol. The summed E-state index contributed by atoms with van der Waals surface area (Å²) < 4.78 is 52.8. The van der Waals surface area contributed by atoms with Crippen LogP contribution in [0.4, 0.5) is 8.78 Å². The summed E-state index contributed by atoms with van der Waals surface area (Å²) in [7, 11) is -3.45. The number of halogens is 2. The third-order valence-corrected chi connectivity index (χ3v) is 8.55. The van der Waals surface area contributed by atoms with Crippen LogP contribution in [-0.2, 0) is 29.2 Å². The Hall–Kier alpha value is -3.14. The van der Waals surface area contributed by atoms with Crippen LogP contribution in [0, 0.1) is 11.6 Å². The summed E-state index contributed by atoms with van der Waals surface area (Å²) in [5, 5.41) is 16.9. The van der Waals surface area contributed by atoms with Gasteiger partial charge in [0.25, 0.3) is 5.91 Å². The second kappa shape index (κ2) is 15.0. The first-order valence-corrected chi connectivity index (χ1v) is 15.3. The van der Waals surface area contributed by atoms with Gasteiger partial charge in [-0.3, -0.25) is 4.79 Å². The van der Waals surface area contributed by atoms with Crippen LogP contribution < -0.4 is 10.6 Å². The maximum atomic E-state index is 13.8. The van der Waals surface area contributed by atoms with E-state index in [1.165, 1.54) is 29.8 Å². The van der Waals surface area contributed by atoms with E-state index in [0.29, 0.717) is 13.0 Å². The molecule has 0 aromatic heterocycles. The molecule has 0 aliphatic carbocycles. The largest absolute Gasteiger partial charge is 0.390 e. The highest BCUT2D eigenvalue weighted by atomic mass is 32.2.